The molecule has 1 aromatic heterocycles. The largest absolute Gasteiger partial charge is 0.492 e. The second-order valence-corrected chi connectivity index (χ2v) is 8.58. The third-order valence-electron chi connectivity index (χ3n) is 6.77. The van der Waals surface area contributed by atoms with E-state index in [0.717, 1.165) is 38.0 Å². The van der Waals surface area contributed by atoms with Crippen molar-refractivity contribution in [2.75, 3.05) is 25.1 Å². The van der Waals surface area contributed by atoms with Gasteiger partial charge in [0.15, 0.2) is 5.75 Å². The third kappa shape index (κ3) is 2.80. The molecule has 1 aromatic carbocycles. The van der Waals surface area contributed by atoms with Crippen LogP contribution in [0.5, 0.6) is 5.75 Å². The van der Waals surface area contributed by atoms with Crippen LogP contribution in [0.1, 0.15) is 42.1 Å². The summed E-state index contributed by atoms with van der Waals surface area (Å²) in [6, 6.07) is 2.96. The number of aromatic carboxylic acids is 1. The maximum absolute atomic E-state index is 13.9. The Balaban J connectivity index is 1.67. The molecule has 0 bridgehead atoms. The van der Waals surface area contributed by atoms with Crippen LogP contribution >= 0.6 is 0 Å². The molecule has 3 atom stereocenters. The Labute approximate surface area is 166 Å². The maximum atomic E-state index is 13.9. The average molecular weight is 401 g/mol. The topological polar surface area (TPSA) is 97.8 Å². The quantitative estimate of drug-likeness (QED) is 0.798. The Morgan fingerprint density at radius 1 is 1.38 bits per heavy atom. The zero-order chi connectivity index (χ0) is 20.5. The molecule has 2 saturated carbocycles. The van der Waals surface area contributed by atoms with Gasteiger partial charge in [-0.3, -0.25) is 4.79 Å². The first-order valence-corrected chi connectivity index (χ1v) is 10.0. The normalized spacial score (nSPS) is 27.3. The fraction of sp³-hybridized carbons (Fsp3) is 0.524. The van der Waals surface area contributed by atoms with Crippen LogP contribution in [0.3, 0.4) is 0 Å². The Kier molecular flexibility index (Phi) is 3.93. The van der Waals surface area contributed by atoms with Gasteiger partial charge in [-0.25, -0.2) is 9.18 Å². The SMILES string of the molecule is COc1c(N2CC[C@@H](C3(N)CC3)C2)ccc2c(=O)c(C(=O)O)cn([C@@H]3C[C@H]3F)c12. The number of alkyl halides is 1. The molecule has 0 amide bonds. The minimum absolute atomic E-state index is 0.0627. The highest BCUT2D eigenvalue weighted by Crippen LogP contribution is 2.47. The number of nitrogens with two attached hydrogens (primary N) is 1. The first-order chi connectivity index (χ1) is 13.8. The summed E-state index contributed by atoms with van der Waals surface area (Å²) < 4.78 is 21.2. The highest BCUT2D eigenvalue weighted by molar-refractivity contribution is 5.97. The Bertz CT molecular complexity index is 1080. The van der Waals surface area contributed by atoms with Gasteiger partial charge in [-0.05, 0) is 37.3 Å². The lowest BCUT2D eigenvalue weighted by atomic mass is 9.97. The molecular formula is C21H24FN3O4. The second-order valence-electron chi connectivity index (χ2n) is 8.58. The molecule has 2 aromatic rings. The van der Waals surface area contributed by atoms with Crippen LogP contribution in [0.15, 0.2) is 23.1 Å². The van der Waals surface area contributed by atoms with Gasteiger partial charge < -0.3 is 25.0 Å². The van der Waals surface area contributed by atoms with Crippen molar-refractivity contribution in [2.24, 2.45) is 11.7 Å². The summed E-state index contributed by atoms with van der Waals surface area (Å²) in [5.41, 5.74) is 6.70. The van der Waals surface area contributed by atoms with Gasteiger partial charge >= 0.3 is 5.97 Å². The molecule has 1 saturated heterocycles. The highest BCUT2D eigenvalue weighted by atomic mass is 19.1. The van der Waals surface area contributed by atoms with Crippen molar-refractivity contribution >= 4 is 22.6 Å². The first kappa shape index (κ1) is 18.4. The molecule has 8 heteroatoms. The molecule has 3 aliphatic rings. The fourth-order valence-electron chi connectivity index (χ4n) is 4.71. The molecule has 5 rings (SSSR count). The molecule has 0 radical (unpaired) electrons. The zero-order valence-electron chi connectivity index (χ0n) is 16.2. The molecule has 1 aliphatic heterocycles. The van der Waals surface area contributed by atoms with E-state index in [0.29, 0.717) is 23.6 Å². The Morgan fingerprint density at radius 2 is 2.10 bits per heavy atom. The summed E-state index contributed by atoms with van der Waals surface area (Å²) in [7, 11) is 1.52. The number of aromatic nitrogens is 1. The summed E-state index contributed by atoms with van der Waals surface area (Å²) in [5, 5.41) is 9.66. The minimum Gasteiger partial charge on any atom is -0.492 e. The number of carboxylic acids is 1. The predicted octanol–water partition coefficient (Wildman–Crippen LogP) is 2.31. The monoisotopic (exact) mass is 401 g/mol. The summed E-state index contributed by atoms with van der Waals surface area (Å²) in [6.45, 7) is 1.64. The molecule has 154 valence electrons. The zero-order valence-corrected chi connectivity index (χ0v) is 16.2. The van der Waals surface area contributed by atoms with Crippen LogP contribution in [0.2, 0.25) is 0 Å². The van der Waals surface area contributed by atoms with Crippen LogP contribution in [0, 0.1) is 5.92 Å². The molecule has 0 unspecified atom stereocenters. The van der Waals surface area contributed by atoms with Crippen LogP contribution < -0.4 is 20.8 Å². The van der Waals surface area contributed by atoms with Crippen LogP contribution in [0.25, 0.3) is 10.9 Å². The van der Waals surface area contributed by atoms with Gasteiger partial charge in [-0.2, -0.15) is 0 Å². The molecule has 29 heavy (non-hydrogen) atoms. The van der Waals surface area contributed by atoms with Gasteiger partial charge in [0.25, 0.3) is 0 Å². The number of benzene rings is 1. The molecule has 2 aliphatic carbocycles. The number of hydrogen-bond donors (Lipinski definition) is 2. The van der Waals surface area contributed by atoms with Crippen molar-refractivity contribution in [1.29, 1.82) is 0 Å². The van der Waals surface area contributed by atoms with E-state index in [2.05, 4.69) is 4.90 Å². The summed E-state index contributed by atoms with van der Waals surface area (Å²) in [4.78, 5) is 26.5. The van der Waals surface area contributed by atoms with Gasteiger partial charge in [0.2, 0.25) is 5.43 Å². The number of carboxylic acid groups (broad SMARTS) is 1. The number of pyridine rings is 1. The number of fused-ring (bicyclic) bond motifs is 1. The number of anilines is 1. The van der Waals surface area contributed by atoms with Crippen molar-refractivity contribution in [2.45, 2.75) is 43.4 Å². The van der Waals surface area contributed by atoms with E-state index in [-0.39, 0.29) is 16.5 Å². The molecular weight excluding hydrogens is 377 g/mol. The van der Waals surface area contributed by atoms with E-state index >= 15 is 0 Å². The number of nitrogens with zero attached hydrogens (tertiary/aromatic N) is 2. The number of carbonyl (C=O) groups is 1. The van der Waals surface area contributed by atoms with E-state index in [4.69, 9.17) is 10.5 Å². The summed E-state index contributed by atoms with van der Waals surface area (Å²) in [6.07, 6.45) is 3.60. The van der Waals surface area contributed by atoms with Crippen LogP contribution in [-0.2, 0) is 0 Å². The van der Waals surface area contributed by atoms with E-state index in [1.54, 1.807) is 16.7 Å². The van der Waals surface area contributed by atoms with Gasteiger partial charge in [0, 0.05) is 31.2 Å². The van der Waals surface area contributed by atoms with Gasteiger partial charge in [0.1, 0.15) is 11.7 Å². The van der Waals surface area contributed by atoms with E-state index in [1.807, 2.05) is 0 Å². The van der Waals surface area contributed by atoms with E-state index in [1.165, 1.54) is 13.3 Å². The molecule has 0 spiro atoms. The maximum Gasteiger partial charge on any atom is 0.341 e. The van der Waals surface area contributed by atoms with Crippen molar-refractivity contribution in [3.63, 3.8) is 0 Å². The van der Waals surface area contributed by atoms with Crippen LogP contribution in [-0.4, -0.2) is 47.6 Å². The van der Waals surface area contributed by atoms with Crippen molar-refractivity contribution < 1.29 is 19.0 Å². The van der Waals surface area contributed by atoms with Crippen molar-refractivity contribution in [3.05, 3.63) is 34.1 Å². The van der Waals surface area contributed by atoms with Gasteiger partial charge in [-0.15, -0.1) is 0 Å². The lowest BCUT2D eigenvalue weighted by Gasteiger charge is -2.25. The van der Waals surface area contributed by atoms with Crippen molar-refractivity contribution in [3.8, 4) is 5.75 Å². The number of rotatable bonds is 5. The summed E-state index contributed by atoms with van der Waals surface area (Å²) >= 11 is 0. The number of ether oxygens (including phenoxy) is 1. The summed E-state index contributed by atoms with van der Waals surface area (Å²) in [5.74, 6) is -0.416. The third-order valence-corrected chi connectivity index (χ3v) is 6.77. The number of halogens is 1. The second kappa shape index (κ2) is 6.19. The van der Waals surface area contributed by atoms with Gasteiger partial charge in [0.05, 0.1) is 29.7 Å². The molecule has 7 nitrogen and oxygen atoms in total. The predicted molar refractivity (Wildman–Crippen MR) is 107 cm³/mol. The Hall–Kier alpha value is -2.61. The standard InChI is InChI=1S/C21H24FN3O4/c1-29-19-15(24-7-4-11(9-24)21(23)5-6-21)3-2-12-17(19)25(16-8-14(16)22)10-13(18(12)26)20(27)28/h2-3,10-11,14,16H,4-9,23H2,1H3,(H,27,28)/t11-,14-,16-/m1/s1. The van der Waals surface area contributed by atoms with E-state index in [9.17, 15) is 19.1 Å². The average Bonchev–Trinajstić information content (AvgIpc) is 3.56. The smallest absolute Gasteiger partial charge is 0.341 e. The Morgan fingerprint density at radius 3 is 2.69 bits per heavy atom. The van der Waals surface area contributed by atoms with E-state index < -0.39 is 23.6 Å². The molecule has 2 heterocycles. The fourth-order valence-corrected chi connectivity index (χ4v) is 4.71. The van der Waals surface area contributed by atoms with Crippen LogP contribution in [0.4, 0.5) is 10.1 Å². The lowest BCUT2D eigenvalue weighted by molar-refractivity contribution is 0.0694. The molecule has 3 N–H and O–H groups in total. The minimum atomic E-state index is -1.31. The number of methoxy groups -OCH3 is 1. The molecule has 3 fully saturated rings. The van der Waals surface area contributed by atoms with Crippen molar-refractivity contribution in [1.82, 2.24) is 4.57 Å². The number of hydrogen-bond acceptors (Lipinski definition) is 5. The lowest BCUT2D eigenvalue weighted by Crippen LogP contribution is -2.34. The first-order valence-electron chi connectivity index (χ1n) is 10.0. The van der Waals surface area contributed by atoms with Gasteiger partial charge in [-0.1, -0.05) is 0 Å². The highest BCUT2D eigenvalue weighted by Gasteiger charge is 2.48.